The number of anilines is 1. The first-order chi connectivity index (χ1) is 7.66. The fourth-order valence-corrected chi connectivity index (χ4v) is 1.34. The van der Waals surface area contributed by atoms with Gasteiger partial charge in [0.2, 0.25) is 0 Å². The minimum atomic E-state index is -0.421. The molecule has 1 aromatic carbocycles. The highest BCUT2D eigenvalue weighted by Crippen LogP contribution is 2.28. The molecule has 16 heavy (non-hydrogen) atoms. The second-order valence-corrected chi connectivity index (χ2v) is 3.42. The van der Waals surface area contributed by atoms with Crippen molar-refractivity contribution in [2.45, 2.75) is 0 Å². The summed E-state index contributed by atoms with van der Waals surface area (Å²) in [6.45, 7) is 0. The number of aromatic nitrogens is 2. The topological polar surface area (TPSA) is 81.0 Å². The van der Waals surface area contributed by atoms with Crippen molar-refractivity contribution < 1.29 is 4.74 Å². The fraction of sp³-hybridized carbons (Fsp3) is 0. The molecule has 0 amide bonds. The van der Waals surface area contributed by atoms with Crippen LogP contribution in [0.25, 0.3) is 0 Å². The number of nitrogens with two attached hydrogens (primary N) is 1. The van der Waals surface area contributed by atoms with E-state index < -0.39 is 5.56 Å². The van der Waals surface area contributed by atoms with Gasteiger partial charge in [0.05, 0.1) is 5.02 Å². The van der Waals surface area contributed by atoms with Crippen molar-refractivity contribution in [3.63, 3.8) is 0 Å². The van der Waals surface area contributed by atoms with Crippen molar-refractivity contribution in [3.05, 3.63) is 46.0 Å². The lowest BCUT2D eigenvalue weighted by Gasteiger charge is -2.05. The monoisotopic (exact) mass is 237 g/mol. The molecule has 6 heteroatoms. The molecule has 0 aliphatic rings. The summed E-state index contributed by atoms with van der Waals surface area (Å²) < 4.78 is 5.25. The van der Waals surface area contributed by atoms with Gasteiger partial charge in [-0.1, -0.05) is 11.6 Å². The van der Waals surface area contributed by atoms with E-state index in [0.29, 0.717) is 16.5 Å². The number of rotatable bonds is 2. The predicted octanol–water partition coefficient (Wildman–Crippen LogP) is 1.80. The smallest absolute Gasteiger partial charge is 0.311 e. The van der Waals surface area contributed by atoms with Crippen LogP contribution in [-0.2, 0) is 0 Å². The molecule has 1 aromatic heterocycles. The summed E-state index contributed by atoms with van der Waals surface area (Å²) in [5, 5.41) is 0.324. The Morgan fingerprint density at radius 2 is 2.25 bits per heavy atom. The van der Waals surface area contributed by atoms with Crippen LogP contribution in [0.2, 0.25) is 5.02 Å². The highest BCUT2D eigenvalue weighted by atomic mass is 35.5. The van der Waals surface area contributed by atoms with Crippen LogP contribution in [0.5, 0.6) is 11.6 Å². The first-order valence-corrected chi connectivity index (χ1v) is 4.81. The van der Waals surface area contributed by atoms with Crippen molar-refractivity contribution in [3.8, 4) is 11.6 Å². The highest BCUT2D eigenvalue weighted by molar-refractivity contribution is 6.32. The number of ether oxygens (including phenoxy) is 1. The molecule has 0 spiro atoms. The summed E-state index contributed by atoms with van der Waals surface area (Å²) in [4.78, 5) is 17.5. The van der Waals surface area contributed by atoms with E-state index in [0.717, 1.165) is 0 Å². The Bertz CT molecular complexity index is 568. The molecule has 3 N–H and O–H groups in total. The zero-order chi connectivity index (χ0) is 11.5. The summed E-state index contributed by atoms with van der Waals surface area (Å²) in [6, 6.07) is 4.73. The van der Waals surface area contributed by atoms with Crippen molar-refractivity contribution in [2.24, 2.45) is 0 Å². The highest BCUT2D eigenvalue weighted by Gasteiger charge is 2.07. The molecule has 0 atom stereocenters. The van der Waals surface area contributed by atoms with Gasteiger partial charge in [0.1, 0.15) is 5.75 Å². The molecule has 0 aliphatic heterocycles. The molecule has 2 rings (SSSR count). The third kappa shape index (κ3) is 2.14. The van der Waals surface area contributed by atoms with E-state index >= 15 is 0 Å². The van der Waals surface area contributed by atoms with Crippen LogP contribution < -0.4 is 16.0 Å². The van der Waals surface area contributed by atoms with E-state index in [1.54, 1.807) is 12.1 Å². The Kier molecular flexibility index (Phi) is 2.78. The van der Waals surface area contributed by atoms with Gasteiger partial charge in [-0.25, -0.2) is 4.98 Å². The summed E-state index contributed by atoms with van der Waals surface area (Å²) in [7, 11) is 0. The lowest BCUT2D eigenvalue weighted by atomic mass is 10.3. The van der Waals surface area contributed by atoms with E-state index in [1.807, 2.05) is 0 Å². The average molecular weight is 238 g/mol. The molecule has 2 aromatic rings. The maximum atomic E-state index is 11.3. The quantitative estimate of drug-likeness (QED) is 0.781. The van der Waals surface area contributed by atoms with E-state index in [9.17, 15) is 4.79 Å². The van der Waals surface area contributed by atoms with Gasteiger partial charge in [-0.05, 0) is 18.2 Å². The molecule has 1 heterocycles. The summed E-state index contributed by atoms with van der Waals surface area (Å²) in [5.74, 6) is 0.272. The van der Waals surface area contributed by atoms with Crippen LogP contribution in [-0.4, -0.2) is 9.97 Å². The van der Waals surface area contributed by atoms with Crippen LogP contribution in [0, 0.1) is 0 Å². The van der Waals surface area contributed by atoms with Crippen LogP contribution >= 0.6 is 11.6 Å². The Morgan fingerprint density at radius 3 is 2.94 bits per heavy atom. The molecular weight excluding hydrogens is 230 g/mol. The van der Waals surface area contributed by atoms with Crippen molar-refractivity contribution >= 4 is 17.3 Å². The summed E-state index contributed by atoms with van der Waals surface area (Å²) in [5.41, 5.74) is 5.63. The number of aromatic amines is 1. The Balaban J connectivity index is 2.35. The van der Waals surface area contributed by atoms with E-state index in [1.165, 1.54) is 18.5 Å². The van der Waals surface area contributed by atoms with E-state index in [-0.39, 0.29) is 5.88 Å². The number of hydrogen-bond donors (Lipinski definition) is 2. The number of nitrogen functional groups attached to an aromatic ring is 1. The average Bonchev–Trinajstić information content (AvgIpc) is 2.25. The van der Waals surface area contributed by atoms with Crippen LogP contribution in [0.4, 0.5) is 5.69 Å². The minimum absolute atomic E-state index is 0.0610. The Labute approximate surface area is 95.8 Å². The van der Waals surface area contributed by atoms with Gasteiger partial charge in [0, 0.05) is 18.1 Å². The molecule has 0 unspecified atom stereocenters. The maximum Gasteiger partial charge on any atom is 0.311 e. The molecule has 0 fully saturated rings. The summed E-state index contributed by atoms with van der Waals surface area (Å²) >= 11 is 5.89. The summed E-state index contributed by atoms with van der Waals surface area (Å²) in [6.07, 6.45) is 2.84. The van der Waals surface area contributed by atoms with Crippen LogP contribution in [0.15, 0.2) is 35.4 Å². The Morgan fingerprint density at radius 1 is 1.44 bits per heavy atom. The van der Waals surface area contributed by atoms with Crippen molar-refractivity contribution in [1.82, 2.24) is 9.97 Å². The predicted molar refractivity (Wildman–Crippen MR) is 60.8 cm³/mol. The molecule has 0 saturated carbocycles. The second kappa shape index (κ2) is 4.24. The van der Waals surface area contributed by atoms with Gasteiger partial charge in [-0.3, -0.25) is 4.79 Å². The SMILES string of the molecule is Nc1ccc(Oc2ncc[nH]c2=O)c(Cl)c1. The molecule has 0 radical (unpaired) electrons. The number of H-pyrrole nitrogens is 1. The largest absolute Gasteiger partial charge is 0.433 e. The lowest BCUT2D eigenvalue weighted by Crippen LogP contribution is -2.09. The van der Waals surface area contributed by atoms with Crippen molar-refractivity contribution in [1.29, 1.82) is 0 Å². The van der Waals surface area contributed by atoms with Gasteiger partial charge >= 0.3 is 5.56 Å². The first kappa shape index (κ1) is 10.5. The minimum Gasteiger partial charge on any atom is -0.433 e. The fourth-order valence-electron chi connectivity index (χ4n) is 1.12. The van der Waals surface area contributed by atoms with E-state index in [4.69, 9.17) is 22.1 Å². The second-order valence-electron chi connectivity index (χ2n) is 3.02. The van der Waals surface area contributed by atoms with Gasteiger partial charge in [0.15, 0.2) is 0 Å². The van der Waals surface area contributed by atoms with Gasteiger partial charge in [-0.15, -0.1) is 0 Å². The van der Waals surface area contributed by atoms with Gasteiger partial charge in [0.25, 0.3) is 5.88 Å². The molecular formula is C10H8ClN3O2. The standard InChI is InChI=1S/C10H8ClN3O2/c11-7-5-6(12)1-2-8(7)16-10-9(15)13-3-4-14-10/h1-5H,12H2,(H,13,15). The normalized spacial score (nSPS) is 10.1. The molecule has 0 saturated heterocycles. The van der Waals surface area contributed by atoms with Crippen LogP contribution in [0.3, 0.4) is 0 Å². The zero-order valence-electron chi connectivity index (χ0n) is 8.11. The molecule has 5 nitrogen and oxygen atoms in total. The molecule has 0 aliphatic carbocycles. The number of hydrogen-bond acceptors (Lipinski definition) is 4. The third-order valence-corrected chi connectivity index (χ3v) is 2.13. The van der Waals surface area contributed by atoms with Crippen LogP contribution in [0.1, 0.15) is 0 Å². The van der Waals surface area contributed by atoms with E-state index in [2.05, 4.69) is 9.97 Å². The number of halogens is 1. The first-order valence-electron chi connectivity index (χ1n) is 4.43. The zero-order valence-corrected chi connectivity index (χ0v) is 8.86. The Hall–Kier alpha value is -2.01. The maximum absolute atomic E-state index is 11.3. The van der Waals surface area contributed by atoms with Crippen molar-refractivity contribution in [2.75, 3.05) is 5.73 Å². The molecule has 82 valence electrons. The molecule has 0 bridgehead atoms. The number of nitrogens with one attached hydrogen (secondary N) is 1. The third-order valence-electron chi connectivity index (χ3n) is 1.84. The number of benzene rings is 1. The van der Waals surface area contributed by atoms with Gasteiger partial charge < -0.3 is 15.5 Å². The van der Waals surface area contributed by atoms with Gasteiger partial charge in [-0.2, -0.15) is 0 Å². The number of nitrogens with zero attached hydrogens (tertiary/aromatic N) is 1. The lowest BCUT2D eigenvalue weighted by molar-refractivity contribution is 0.454.